The van der Waals surface area contributed by atoms with Gasteiger partial charge in [-0.25, -0.2) is 8.42 Å². The van der Waals surface area contributed by atoms with Crippen molar-refractivity contribution in [1.29, 1.82) is 0 Å². The number of rotatable bonds is 5. The Morgan fingerprint density at radius 1 is 1.44 bits per heavy atom. The Hall–Kier alpha value is -1.36. The zero-order valence-corrected chi connectivity index (χ0v) is 16.5. The molecule has 0 unspecified atom stereocenters. The molecule has 0 aromatic carbocycles. The quantitative estimate of drug-likeness (QED) is 0.833. The van der Waals surface area contributed by atoms with Crippen molar-refractivity contribution >= 4 is 43.7 Å². The van der Waals surface area contributed by atoms with Crippen molar-refractivity contribution in [2.75, 3.05) is 18.4 Å². The highest BCUT2D eigenvalue weighted by Gasteiger charge is 2.30. The number of aromatic nitrogens is 2. The number of hydrogen-bond acceptors (Lipinski definition) is 7. The molecule has 2 aromatic heterocycles. The van der Waals surface area contributed by atoms with Crippen LogP contribution in [0.1, 0.15) is 41.4 Å². The molecule has 25 heavy (non-hydrogen) atoms. The molecule has 1 aliphatic rings. The van der Waals surface area contributed by atoms with Gasteiger partial charge in [0.1, 0.15) is 5.01 Å². The zero-order chi connectivity index (χ0) is 18.0. The van der Waals surface area contributed by atoms with E-state index >= 15 is 0 Å². The van der Waals surface area contributed by atoms with Gasteiger partial charge in [0.05, 0.1) is 9.77 Å². The monoisotopic (exact) mass is 400 g/mol. The van der Waals surface area contributed by atoms with Crippen molar-refractivity contribution in [2.45, 2.75) is 38.0 Å². The lowest BCUT2D eigenvalue weighted by Gasteiger charge is -2.29. The Kier molecular flexibility index (Phi) is 5.52. The van der Waals surface area contributed by atoms with Crippen molar-refractivity contribution in [3.63, 3.8) is 0 Å². The van der Waals surface area contributed by atoms with Crippen LogP contribution < -0.4 is 5.32 Å². The maximum atomic E-state index is 12.7. The van der Waals surface area contributed by atoms with Gasteiger partial charge < -0.3 is 0 Å². The fraction of sp³-hybridized carbons (Fsp3) is 0.533. The summed E-state index contributed by atoms with van der Waals surface area (Å²) in [4.78, 5) is 12.8. The molecule has 0 aliphatic carbocycles. The number of nitrogens with one attached hydrogen (secondary N) is 1. The summed E-state index contributed by atoms with van der Waals surface area (Å²) in [6.45, 7) is 5.09. The second kappa shape index (κ2) is 7.48. The number of amides is 1. The molecule has 3 rings (SSSR count). The predicted octanol–water partition coefficient (Wildman–Crippen LogP) is 2.83. The van der Waals surface area contributed by atoms with Crippen LogP contribution in [0, 0.1) is 5.92 Å². The average molecular weight is 401 g/mol. The van der Waals surface area contributed by atoms with Gasteiger partial charge in [-0.3, -0.25) is 10.1 Å². The van der Waals surface area contributed by atoms with Gasteiger partial charge in [-0.1, -0.05) is 25.2 Å². The van der Waals surface area contributed by atoms with Gasteiger partial charge in [0.2, 0.25) is 15.2 Å². The Bertz CT molecular complexity index is 859. The fourth-order valence-corrected chi connectivity index (χ4v) is 6.12. The third-order valence-electron chi connectivity index (χ3n) is 4.05. The lowest BCUT2D eigenvalue weighted by molar-refractivity contribution is 0.103. The van der Waals surface area contributed by atoms with Crippen LogP contribution in [-0.2, 0) is 16.4 Å². The molecule has 1 fully saturated rings. The predicted molar refractivity (Wildman–Crippen MR) is 98.7 cm³/mol. The molecule has 1 atom stereocenters. The van der Waals surface area contributed by atoms with Gasteiger partial charge >= 0.3 is 0 Å². The molecule has 7 nitrogen and oxygen atoms in total. The molecule has 0 saturated carbocycles. The fourth-order valence-electron chi connectivity index (χ4n) is 2.69. The molecular weight excluding hydrogens is 380 g/mol. The SMILES string of the molecule is CCc1nnc(NC(=O)c2cc(S(=O)(=O)N3CCC[C@H](C)C3)cs2)s1. The number of aryl methyl sites for hydroxylation is 1. The lowest BCUT2D eigenvalue weighted by atomic mass is 10.0. The third-order valence-corrected chi connectivity index (χ3v) is 7.95. The van der Waals surface area contributed by atoms with E-state index in [1.807, 2.05) is 6.92 Å². The molecule has 3 heterocycles. The third kappa shape index (κ3) is 4.08. The molecule has 10 heteroatoms. The number of carbonyl (C=O) groups is 1. The Morgan fingerprint density at radius 2 is 2.24 bits per heavy atom. The minimum absolute atomic E-state index is 0.184. The smallest absolute Gasteiger partial charge is 0.267 e. The van der Waals surface area contributed by atoms with E-state index in [1.165, 1.54) is 27.1 Å². The highest BCUT2D eigenvalue weighted by atomic mass is 32.2. The van der Waals surface area contributed by atoms with E-state index in [1.54, 1.807) is 0 Å². The molecule has 1 aliphatic heterocycles. The van der Waals surface area contributed by atoms with Crippen molar-refractivity contribution < 1.29 is 13.2 Å². The van der Waals surface area contributed by atoms with E-state index in [-0.39, 0.29) is 10.8 Å². The summed E-state index contributed by atoms with van der Waals surface area (Å²) in [6.07, 6.45) is 2.67. The van der Waals surface area contributed by atoms with Gasteiger partial charge in [0.25, 0.3) is 5.91 Å². The minimum Gasteiger partial charge on any atom is -0.296 e. The number of nitrogens with zero attached hydrogens (tertiary/aromatic N) is 3. The van der Waals surface area contributed by atoms with Gasteiger partial charge in [-0.05, 0) is 31.2 Å². The van der Waals surface area contributed by atoms with Gasteiger partial charge in [-0.2, -0.15) is 4.31 Å². The first-order valence-corrected chi connectivity index (χ1v) is 11.3. The van der Waals surface area contributed by atoms with E-state index in [0.29, 0.717) is 29.0 Å². The van der Waals surface area contributed by atoms with Crippen molar-refractivity contribution in [3.05, 3.63) is 21.3 Å². The molecule has 0 bridgehead atoms. The van der Waals surface area contributed by atoms with Crippen LogP contribution in [0.25, 0.3) is 0 Å². The first-order chi connectivity index (χ1) is 11.9. The number of piperidine rings is 1. The standard InChI is InChI=1S/C15H20N4O3S3/c1-3-13-17-18-15(24-13)16-14(20)12-7-11(9-23-12)25(21,22)19-6-4-5-10(2)8-19/h7,9-10H,3-6,8H2,1-2H3,(H,16,18,20)/t10-/m0/s1. The van der Waals surface area contributed by atoms with E-state index in [4.69, 9.17) is 0 Å². The normalized spacial score (nSPS) is 19.0. The first-order valence-electron chi connectivity index (χ1n) is 8.12. The van der Waals surface area contributed by atoms with Gasteiger partial charge in [-0.15, -0.1) is 21.5 Å². The molecule has 0 spiro atoms. The van der Waals surface area contributed by atoms with Crippen LogP contribution in [0.2, 0.25) is 0 Å². The van der Waals surface area contributed by atoms with Gasteiger partial charge in [0, 0.05) is 18.5 Å². The molecule has 1 saturated heterocycles. The second-order valence-electron chi connectivity index (χ2n) is 6.07. The number of carbonyl (C=O) groups excluding carboxylic acids is 1. The summed E-state index contributed by atoms with van der Waals surface area (Å²) in [6, 6.07) is 1.44. The zero-order valence-electron chi connectivity index (χ0n) is 14.1. The van der Waals surface area contributed by atoms with Crippen molar-refractivity contribution in [1.82, 2.24) is 14.5 Å². The van der Waals surface area contributed by atoms with E-state index in [2.05, 4.69) is 22.4 Å². The molecule has 0 radical (unpaired) electrons. The number of sulfonamides is 1. The summed E-state index contributed by atoms with van der Waals surface area (Å²) < 4.78 is 27.0. The first kappa shape index (κ1) is 18.4. The Morgan fingerprint density at radius 3 is 2.92 bits per heavy atom. The van der Waals surface area contributed by atoms with Crippen LogP contribution in [0.5, 0.6) is 0 Å². The van der Waals surface area contributed by atoms with E-state index in [0.717, 1.165) is 35.6 Å². The average Bonchev–Trinajstić information content (AvgIpc) is 3.24. The second-order valence-corrected chi connectivity index (χ2v) is 9.98. The van der Waals surface area contributed by atoms with Gasteiger partial charge in [0.15, 0.2) is 0 Å². The summed E-state index contributed by atoms with van der Waals surface area (Å²) in [7, 11) is -3.54. The molecule has 1 N–H and O–H groups in total. The number of anilines is 1. The van der Waals surface area contributed by atoms with E-state index < -0.39 is 10.0 Å². The maximum absolute atomic E-state index is 12.7. The maximum Gasteiger partial charge on any atom is 0.267 e. The van der Waals surface area contributed by atoms with E-state index in [9.17, 15) is 13.2 Å². The summed E-state index contributed by atoms with van der Waals surface area (Å²) in [5.41, 5.74) is 0. The molecule has 2 aromatic rings. The number of hydrogen-bond donors (Lipinski definition) is 1. The summed E-state index contributed by atoms with van der Waals surface area (Å²) in [5.74, 6) is -0.00707. The molecular formula is C15H20N4O3S3. The van der Waals surface area contributed by atoms with Crippen molar-refractivity contribution in [2.24, 2.45) is 5.92 Å². The van der Waals surface area contributed by atoms with Crippen LogP contribution in [0.3, 0.4) is 0 Å². The molecule has 136 valence electrons. The van der Waals surface area contributed by atoms with Crippen molar-refractivity contribution in [3.8, 4) is 0 Å². The molecule has 1 amide bonds. The van der Waals surface area contributed by atoms with Crippen LogP contribution in [0.4, 0.5) is 5.13 Å². The highest BCUT2D eigenvalue weighted by molar-refractivity contribution is 7.89. The minimum atomic E-state index is -3.54. The Labute approximate surface area is 155 Å². The summed E-state index contributed by atoms with van der Waals surface area (Å²) in [5, 5.41) is 13.3. The lowest BCUT2D eigenvalue weighted by Crippen LogP contribution is -2.38. The summed E-state index contributed by atoms with van der Waals surface area (Å²) >= 11 is 2.43. The number of thiophene rings is 1. The highest BCUT2D eigenvalue weighted by Crippen LogP contribution is 2.27. The van der Waals surface area contributed by atoms with Crippen LogP contribution in [-0.4, -0.2) is 41.9 Å². The Balaban J connectivity index is 1.73. The topological polar surface area (TPSA) is 92.3 Å². The largest absolute Gasteiger partial charge is 0.296 e. The van der Waals surface area contributed by atoms with Crippen LogP contribution in [0.15, 0.2) is 16.3 Å². The van der Waals surface area contributed by atoms with Crippen LogP contribution >= 0.6 is 22.7 Å².